The Morgan fingerprint density at radius 2 is 1.77 bits per heavy atom. The summed E-state index contributed by atoms with van der Waals surface area (Å²) in [7, 11) is 1.46. The molecule has 2 amide bonds. The van der Waals surface area contributed by atoms with Gasteiger partial charge < -0.3 is 20.1 Å². The first-order chi connectivity index (χ1) is 18.9. The lowest BCUT2D eigenvalue weighted by Crippen LogP contribution is -2.11. The molecule has 4 aromatic rings. The van der Waals surface area contributed by atoms with Crippen LogP contribution in [0.25, 0.3) is 10.9 Å². The highest BCUT2D eigenvalue weighted by Crippen LogP contribution is 2.35. The normalized spacial score (nSPS) is 11.0. The number of hydrogen-bond donors (Lipinski definition) is 2. The van der Waals surface area contributed by atoms with E-state index in [9.17, 15) is 18.4 Å². The minimum atomic E-state index is -0.707. The number of aryl methyl sites for hydroxylation is 1. The van der Waals surface area contributed by atoms with E-state index < -0.39 is 5.82 Å². The maximum absolute atomic E-state index is 14.9. The summed E-state index contributed by atoms with van der Waals surface area (Å²) in [5.74, 6) is -1.30. The molecule has 1 aromatic heterocycles. The second kappa shape index (κ2) is 12.6. The molecule has 0 aliphatic rings. The summed E-state index contributed by atoms with van der Waals surface area (Å²) in [5.41, 5.74) is 2.04. The van der Waals surface area contributed by atoms with E-state index in [4.69, 9.17) is 9.47 Å². The van der Waals surface area contributed by atoms with Crippen molar-refractivity contribution < 1.29 is 27.8 Å². The van der Waals surface area contributed by atoms with Crippen LogP contribution in [-0.2, 0) is 16.0 Å². The molecule has 4 rings (SSSR count). The highest BCUT2D eigenvalue weighted by Gasteiger charge is 2.15. The van der Waals surface area contributed by atoms with Crippen molar-refractivity contribution in [3.05, 3.63) is 90.3 Å². The summed E-state index contributed by atoms with van der Waals surface area (Å²) >= 11 is 0. The number of halogens is 2. The average molecular weight is 533 g/mol. The Labute approximate surface area is 223 Å². The van der Waals surface area contributed by atoms with E-state index in [2.05, 4.69) is 20.6 Å². The smallest absolute Gasteiger partial charge is 0.248 e. The van der Waals surface area contributed by atoms with Crippen LogP contribution in [0.3, 0.4) is 0 Å². The number of amides is 2. The SMILES string of the molecule is C/C=C/C(=O)Nc1cc2c(Oc3ccc(NC(=O)CCCc4ccc(F)cc4)cc3F)ncnc2cc1OC. The number of methoxy groups -OCH3 is 1. The van der Waals surface area contributed by atoms with Gasteiger partial charge in [-0.15, -0.1) is 0 Å². The molecule has 0 bridgehead atoms. The van der Waals surface area contributed by atoms with Crippen molar-refractivity contribution in [2.24, 2.45) is 0 Å². The predicted octanol–water partition coefficient (Wildman–Crippen LogP) is 6.18. The lowest BCUT2D eigenvalue weighted by atomic mass is 10.1. The van der Waals surface area contributed by atoms with Gasteiger partial charge in [-0.2, -0.15) is 0 Å². The quantitative estimate of drug-likeness (QED) is 0.236. The lowest BCUT2D eigenvalue weighted by molar-refractivity contribution is -0.116. The van der Waals surface area contributed by atoms with E-state index in [1.54, 1.807) is 37.3 Å². The summed E-state index contributed by atoms with van der Waals surface area (Å²) in [5, 5.41) is 5.81. The third-order valence-electron chi connectivity index (χ3n) is 5.70. The van der Waals surface area contributed by atoms with Crippen LogP contribution >= 0.6 is 0 Å². The molecule has 2 N–H and O–H groups in total. The van der Waals surface area contributed by atoms with Crippen LogP contribution in [0, 0.1) is 11.6 Å². The molecule has 0 spiro atoms. The Kier molecular flexibility index (Phi) is 8.78. The van der Waals surface area contributed by atoms with Gasteiger partial charge in [-0.05, 0) is 61.7 Å². The zero-order valence-corrected chi connectivity index (χ0v) is 21.3. The van der Waals surface area contributed by atoms with Crippen molar-refractivity contribution >= 4 is 34.1 Å². The Hall–Kier alpha value is -4.86. The first-order valence-corrected chi connectivity index (χ1v) is 12.1. The van der Waals surface area contributed by atoms with Crippen LogP contribution in [0.5, 0.6) is 17.4 Å². The molecule has 3 aromatic carbocycles. The number of ether oxygens (including phenoxy) is 2. The van der Waals surface area contributed by atoms with E-state index in [0.29, 0.717) is 35.2 Å². The minimum Gasteiger partial charge on any atom is -0.494 e. The van der Waals surface area contributed by atoms with Gasteiger partial charge in [-0.1, -0.05) is 18.2 Å². The van der Waals surface area contributed by atoms with Crippen LogP contribution in [0.1, 0.15) is 25.3 Å². The van der Waals surface area contributed by atoms with Gasteiger partial charge in [0, 0.05) is 24.2 Å². The maximum atomic E-state index is 14.9. The fourth-order valence-corrected chi connectivity index (χ4v) is 3.83. The van der Waals surface area contributed by atoms with Crippen LogP contribution in [0.15, 0.2) is 73.1 Å². The predicted molar refractivity (Wildman–Crippen MR) is 144 cm³/mol. The zero-order valence-electron chi connectivity index (χ0n) is 21.3. The molecule has 10 heteroatoms. The molecule has 0 atom stereocenters. The number of allylic oxidation sites excluding steroid dienone is 1. The van der Waals surface area contributed by atoms with Crippen molar-refractivity contribution in [3.63, 3.8) is 0 Å². The molecular weight excluding hydrogens is 506 g/mol. The number of anilines is 2. The molecule has 1 heterocycles. The highest BCUT2D eigenvalue weighted by atomic mass is 19.1. The largest absolute Gasteiger partial charge is 0.494 e. The number of rotatable bonds is 10. The van der Waals surface area contributed by atoms with Gasteiger partial charge in [-0.3, -0.25) is 9.59 Å². The fourth-order valence-electron chi connectivity index (χ4n) is 3.83. The molecule has 0 saturated heterocycles. The summed E-state index contributed by atoms with van der Waals surface area (Å²) in [6, 6.07) is 13.4. The zero-order chi connectivity index (χ0) is 27.8. The lowest BCUT2D eigenvalue weighted by Gasteiger charge is -2.13. The Morgan fingerprint density at radius 3 is 2.49 bits per heavy atom. The van der Waals surface area contributed by atoms with Crippen molar-refractivity contribution in [2.45, 2.75) is 26.2 Å². The molecule has 0 saturated carbocycles. The van der Waals surface area contributed by atoms with Crippen molar-refractivity contribution in [1.82, 2.24) is 9.97 Å². The number of nitrogens with zero attached hydrogens (tertiary/aromatic N) is 2. The highest BCUT2D eigenvalue weighted by molar-refractivity contribution is 6.02. The molecule has 0 aliphatic heterocycles. The number of benzene rings is 3. The Morgan fingerprint density at radius 1 is 0.974 bits per heavy atom. The number of fused-ring (bicyclic) bond motifs is 1. The van der Waals surface area contributed by atoms with Gasteiger partial charge in [0.05, 0.1) is 23.7 Å². The van der Waals surface area contributed by atoms with E-state index in [1.807, 2.05) is 0 Å². The minimum absolute atomic E-state index is 0.0701. The number of nitrogens with one attached hydrogen (secondary N) is 2. The molecule has 8 nitrogen and oxygen atoms in total. The fraction of sp³-hybridized carbons (Fsp3) is 0.172. The maximum Gasteiger partial charge on any atom is 0.248 e. The number of carbonyl (C=O) groups excluding carboxylic acids is 2. The Balaban J connectivity index is 1.45. The molecule has 0 radical (unpaired) electrons. The van der Waals surface area contributed by atoms with Gasteiger partial charge in [-0.25, -0.2) is 18.7 Å². The molecule has 0 fully saturated rings. The first kappa shape index (κ1) is 27.2. The second-order valence-corrected chi connectivity index (χ2v) is 8.51. The van der Waals surface area contributed by atoms with E-state index in [-0.39, 0.29) is 41.4 Å². The van der Waals surface area contributed by atoms with Gasteiger partial charge >= 0.3 is 0 Å². The number of aromatic nitrogens is 2. The molecular formula is C29H26F2N4O4. The van der Waals surface area contributed by atoms with Crippen molar-refractivity contribution in [2.75, 3.05) is 17.7 Å². The second-order valence-electron chi connectivity index (χ2n) is 8.51. The molecule has 39 heavy (non-hydrogen) atoms. The Bertz CT molecular complexity index is 1520. The van der Waals surface area contributed by atoms with Gasteiger partial charge in [0.15, 0.2) is 11.6 Å². The molecule has 200 valence electrons. The summed E-state index contributed by atoms with van der Waals surface area (Å²) in [6.45, 7) is 1.72. The third-order valence-corrected chi connectivity index (χ3v) is 5.70. The first-order valence-electron chi connectivity index (χ1n) is 12.1. The van der Waals surface area contributed by atoms with E-state index in [1.165, 1.54) is 43.8 Å². The van der Waals surface area contributed by atoms with Crippen LogP contribution in [0.4, 0.5) is 20.2 Å². The van der Waals surface area contributed by atoms with Gasteiger partial charge in [0.1, 0.15) is 17.9 Å². The summed E-state index contributed by atoms with van der Waals surface area (Å²) < 4.78 is 39.0. The third kappa shape index (κ3) is 7.13. The monoisotopic (exact) mass is 532 g/mol. The van der Waals surface area contributed by atoms with E-state index >= 15 is 0 Å². The topological polar surface area (TPSA) is 102 Å². The number of carbonyl (C=O) groups is 2. The van der Waals surface area contributed by atoms with Crippen molar-refractivity contribution in [1.29, 1.82) is 0 Å². The van der Waals surface area contributed by atoms with Crippen molar-refractivity contribution in [3.8, 4) is 17.4 Å². The van der Waals surface area contributed by atoms with Crippen LogP contribution < -0.4 is 20.1 Å². The van der Waals surface area contributed by atoms with Gasteiger partial charge in [0.25, 0.3) is 0 Å². The molecule has 0 unspecified atom stereocenters. The standard InChI is InChI=1S/C29H26F2N4O4/c1-3-5-27(36)35-24-15-21-23(16-26(24)38-2)32-17-33-29(21)39-25-13-12-20(14-22(25)31)34-28(37)7-4-6-18-8-10-19(30)11-9-18/h3,5,8-17H,4,6-7H2,1-2H3,(H,34,37)(H,35,36)/b5-3+. The number of hydrogen-bond acceptors (Lipinski definition) is 6. The molecule has 0 aliphatic carbocycles. The summed E-state index contributed by atoms with van der Waals surface area (Å²) in [6.07, 6.45) is 5.64. The van der Waals surface area contributed by atoms with Gasteiger partial charge in [0.2, 0.25) is 17.7 Å². The average Bonchev–Trinajstić information content (AvgIpc) is 2.91. The van der Waals surface area contributed by atoms with Crippen LogP contribution in [0.2, 0.25) is 0 Å². The van der Waals surface area contributed by atoms with Crippen LogP contribution in [-0.4, -0.2) is 28.9 Å². The summed E-state index contributed by atoms with van der Waals surface area (Å²) in [4.78, 5) is 32.7. The van der Waals surface area contributed by atoms with E-state index in [0.717, 1.165) is 11.6 Å².